The summed E-state index contributed by atoms with van der Waals surface area (Å²) in [4.78, 5) is 0. The molecule has 1 N–H and O–H groups in total. The van der Waals surface area contributed by atoms with Gasteiger partial charge < -0.3 is 5.11 Å². The van der Waals surface area contributed by atoms with Gasteiger partial charge in [0.1, 0.15) is 6.10 Å². The number of hydrogen-bond donors (Lipinski definition) is 1. The fraction of sp³-hybridized carbons (Fsp3) is 0.0769. The predicted octanol–water partition coefficient (Wildman–Crippen LogP) is 5.49. The number of halogens is 4. The van der Waals surface area contributed by atoms with E-state index < -0.39 is 6.10 Å². The molecule has 94 valence electrons. The van der Waals surface area contributed by atoms with Gasteiger partial charge >= 0.3 is 0 Å². The van der Waals surface area contributed by atoms with Gasteiger partial charge in [0.05, 0.1) is 0 Å². The monoisotopic (exact) mass is 364 g/mol. The summed E-state index contributed by atoms with van der Waals surface area (Å²) in [7, 11) is 0. The van der Waals surface area contributed by atoms with Crippen LogP contribution in [0.15, 0.2) is 40.9 Å². The van der Waals surface area contributed by atoms with Crippen LogP contribution in [0.25, 0.3) is 0 Å². The zero-order chi connectivity index (χ0) is 13.3. The zero-order valence-electron chi connectivity index (χ0n) is 9.00. The first-order valence-electron chi connectivity index (χ1n) is 5.07. The molecule has 0 heterocycles. The van der Waals surface area contributed by atoms with Crippen LogP contribution in [-0.2, 0) is 0 Å². The second kappa shape index (κ2) is 5.81. The summed E-state index contributed by atoms with van der Waals surface area (Å²) in [5.41, 5.74) is 1.19. The average molecular weight is 366 g/mol. The molecule has 2 rings (SSSR count). The first-order chi connectivity index (χ1) is 8.49. The smallest absolute Gasteiger partial charge is 0.107 e. The third-order valence-corrected chi connectivity index (χ3v) is 4.04. The zero-order valence-corrected chi connectivity index (χ0v) is 12.9. The lowest BCUT2D eigenvalue weighted by molar-refractivity contribution is 0.219. The van der Waals surface area contributed by atoms with Gasteiger partial charge in [0.25, 0.3) is 0 Å². The van der Waals surface area contributed by atoms with Crippen LogP contribution in [0.2, 0.25) is 15.1 Å². The summed E-state index contributed by atoms with van der Waals surface area (Å²) in [5.74, 6) is 0. The lowest BCUT2D eigenvalue weighted by atomic mass is 10.0. The van der Waals surface area contributed by atoms with E-state index in [1.807, 2.05) is 0 Å². The van der Waals surface area contributed by atoms with E-state index >= 15 is 0 Å². The molecule has 1 nitrogen and oxygen atoms in total. The summed E-state index contributed by atoms with van der Waals surface area (Å²) < 4.78 is 0.760. The van der Waals surface area contributed by atoms with Crippen molar-refractivity contribution in [3.63, 3.8) is 0 Å². The van der Waals surface area contributed by atoms with Crippen LogP contribution in [0.3, 0.4) is 0 Å². The fourth-order valence-electron chi connectivity index (χ4n) is 1.62. The maximum atomic E-state index is 10.4. The molecule has 2 aromatic rings. The Labute approximate surface area is 128 Å². The van der Waals surface area contributed by atoms with Gasteiger partial charge in [0.2, 0.25) is 0 Å². The number of hydrogen-bond acceptors (Lipinski definition) is 1. The standard InChI is InChI=1S/C13H8BrCl3O/c14-11-3-1-7(15)5-9(11)13(18)10-6-8(16)2-4-12(10)17/h1-6,13,18H. The fourth-order valence-corrected chi connectivity index (χ4v) is 2.66. The molecular formula is C13H8BrCl3O. The van der Waals surface area contributed by atoms with Gasteiger partial charge in [0, 0.05) is 30.7 Å². The van der Waals surface area contributed by atoms with Gasteiger partial charge in [-0.25, -0.2) is 0 Å². The minimum atomic E-state index is -0.885. The summed E-state index contributed by atoms with van der Waals surface area (Å²) in [5, 5.41) is 11.9. The van der Waals surface area contributed by atoms with Gasteiger partial charge in [-0.05, 0) is 36.4 Å². The second-order valence-corrected chi connectivity index (χ2v) is 5.87. The number of aliphatic hydroxyl groups is 1. The van der Waals surface area contributed by atoms with E-state index in [0.717, 1.165) is 4.47 Å². The van der Waals surface area contributed by atoms with E-state index in [4.69, 9.17) is 34.8 Å². The molecule has 18 heavy (non-hydrogen) atoms. The molecule has 1 atom stereocenters. The van der Waals surface area contributed by atoms with Crippen molar-refractivity contribution in [3.8, 4) is 0 Å². The maximum Gasteiger partial charge on any atom is 0.107 e. The summed E-state index contributed by atoms with van der Waals surface area (Å²) in [6, 6.07) is 10.2. The van der Waals surface area contributed by atoms with E-state index in [0.29, 0.717) is 26.2 Å². The van der Waals surface area contributed by atoms with E-state index in [9.17, 15) is 5.11 Å². The highest BCUT2D eigenvalue weighted by Gasteiger charge is 2.17. The summed E-state index contributed by atoms with van der Waals surface area (Å²) in [6.07, 6.45) is -0.885. The van der Waals surface area contributed by atoms with Crippen LogP contribution in [0.1, 0.15) is 17.2 Å². The Morgan fingerprint density at radius 3 is 2.11 bits per heavy atom. The molecule has 0 saturated heterocycles. The van der Waals surface area contributed by atoms with Crippen LogP contribution in [0.4, 0.5) is 0 Å². The molecule has 0 fully saturated rings. The highest BCUT2D eigenvalue weighted by molar-refractivity contribution is 9.10. The number of aliphatic hydroxyl groups excluding tert-OH is 1. The van der Waals surface area contributed by atoms with Crippen LogP contribution in [0, 0.1) is 0 Å². The molecule has 0 radical (unpaired) electrons. The molecule has 0 aliphatic rings. The van der Waals surface area contributed by atoms with Crippen LogP contribution >= 0.6 is 50.7 Å². The summed E-state index contributed by atoms with van der Waals surface area (Å²) in [6.45, 7) is 0. The molecule has 0 aliphatic heterocycles. The lowest BCUT2D eigenvalue weighted by Gasteiger charge is -2.15. The molecule has 0 saturated carbocycles. The maximum absolute atomic E-state index is 10.4. The Bertz CT molecular complexity index is 535. The van der Waals surface area contributed by atoms with Crippen molar-refractivity contribution in [2.75, 3.05) is 0 Å². The normalized spacial score (nSPS) is 12.5. The van der Waals surface area contributed by atoms with Crippen LogP contribution in [0.5, 0.6) is 0 Å². The third-order valence-electron chi connectivity index (χ3n) is 2.51. The molecule has 0 bridgehead atoms. The number of benzene rings is 2. The SMILES string of the molecule is OC(c1cc(Cl)ccc1Cl)c1cc(Cl)ccc1Br. The predicted molar refractivity (Wildman–Crippen MR) is 79.7 cm³/mol. The van der Waals surface area contributed by atoms with Gasteiger partial charge in [0.15, 0.2) is 0 Å². The second-order valence-electron chi connectivity index (χ2n) is 3.73. The van der Waals surface area contributed by atoms with Gasteiger partial charge in [-0.3, -0.25) is 0 Å². The molecule has 0 aromatic heterocycles. The molecule has 0 amide bonds. The molecule has 1 unspecified atom stereocenters. The van der Waals surface area contributed by atoms with Crippen molar-refractivity contribution < 1.29 is 5.11 Å². The number of rotatable bonds is 2. The molecule has 2 aromatic carbocycles. The van der Waals surface area contributed by atoms with Gasteiger partial charge in [-0.15, -0.1) is 0 Å². The minimum Gasteiger partial charge on any atom is -0.384 e. The Balaban J connectivity index is 2.50. The highest BCUT2D eigenvalue weighted by Crippen LogP contribution is 2.35. The Morgan fingerprint density at radius 2 is 1.44 bits per heavy atom. The molecule has 5 heteroatoms. The molecule has 0 aliphatic carbocycles. The van der Waals surface area contributed by atoms with Crippen molar-refractivity contribution in [1.82, 2.24) is 0 Å². The van der Waals surface area contributed by atoms with E-state index in [1.54, 1.807) is 36.4 Å². The lowest BCUT2D eigenvalue weighted by Crippen LogP contribution is -2.01. The third kappa shape index (κ3) is 3.01. The first kappa shape index (κ1) is 14.2. The quantitative estimate of drug-likeness (QED) is 0.745. The van der Waals surface area contributed by atoms with E-state index in [1.165, 1.54) is 0 Å². The van der Waals surface area contributed by atoms with E-state index in [2.05, 4.69) is 15.9 Å². The van der Waals surface area contributed by atoms with Crippen molar-refractivity contribution >= 4 is 50.7 Å². The highest BCUT2D eigenvalue weighted by atomic mass is 79.9. The van der Waals surface area contributed by atoms with Crippen molar-refractivity contribution in [2.24, 2.45) is 0 Å². The topological polar surface area (TPSA) is 20.2 Å². The average Bonchev–Trinajstić information content (AvgIpc) is 2.34. The molecule has 0 spiro atoms. The van der Waals surface area contributed by atoms with Gasteiger partial charge in [-0.1, -0.05) is 50.7 Å². The van der Waals surface area contributed by atoms with Crippen molar-refractivity contribution in [3.05, 3.63) is 67.1 Å². The molecular weight excluding hydrogens is 358 g/mol. The van der Waals surface area contributed by atoms with Gasteiger partial charge in [-0.2, -0.15) is 0 Å². The van der Waals surface area contributed by atoms with Crippen LogP contribution < -0.4 is 0 Å². The largest absolute Gasteiger partial charge is 0.384 e. The van der Waals surface area contributed by atoms with E-state index in [-0.39, 0.29) is 0 Å². The van der Waals surface area contributed by atoms with Crippen molar-refractivity contribution in [1.29, 1.82) is 0 Å². The first-order valence-corrected chi connectivity index (χ1v) is 6.99. The Kier molecular flexibility index (Phi) is 4.57. The Morgan fingerprint density at radius 1 is 0.889 bits per heavy atom. The van der Waals surface area contributed by atoms with Crippen molar-refractivity contribution in [2.45, 2.75) is 6.10 Å². The van der Waals surface area contributed by atoms with Crippen LogP contribution in [-0.4, -0.2) is 5.11 Å². The minimum absolute atomic E-state index is 0.457. The summed E-state index contributed by atoms with van der Waals surface area (Å²) >= 11 is 21.3. The Hall–Kier alpha value is -0.250.